The molecule has 1 heterocycles. The minimum absolute atomic E-state index is 0.00833. The molecule has 0 saturated heterocycles. The molecule has 0 spiro atoms. The number of carbonyl (C=O) groups is 2. The Hall–Kier alpha value is -2.83. The number of nitriles is 1. The molecular weight excluding hydrogens is 458 g/mol. The van der Waals surface area contributed by atoms with Crippen LogP contribution in [0, 0.1) is 11.3 Å². The van der Waals surface area contributed by atoms with E-state index in [-0.39, 0.29) is 18.3 Å². The topological polar surface area (TPSA) is 101 Å². The first kappa shape index (κ1) is 28.2. The second-order valence-electron chi connectivity index (χ2n) is 7.10. The Labute approximate surface area is 204 Å². The minimum atomic E-state index is -0.605. The number of rotatable bonds is 14. The van der Waals surface area contributed by atoms with Gasteiger partial charge in [0.1, 0.15) is 23.2 Å². The number of nitrogens with one attached hydrogen (secondary N) is 1. The monoisotopic (exact) mass is 489 g/mol. The standard InChI is InChI=1S/C24H31N3O4S2/c1-7-9-10-17(8-2)20(27-31-16(3)4)14-21(28)22-13-18(15-25)23(33-22)26-19(11-12-32-6)24(29)30-5/h7-10,13,16,19,26H,1,11-12,14H2,2-6H3/b10-9-,17-8+,27-20+. The summed E-state index contributed by atoms with van der Waals surface area (Å²) in [6.45, 7) is 9.22. The lowest BCUT2D eigenvalue weighted by Crippen LogP contribution is -2.31. The van der Waals surface area contributed by atoms with Gasteiger partial charge in [-0.2, -0.15) is 17.0 Å². The van der Waals surface area contributed by atoms with E-state index in [4.69, 9.17) is 9.57 Å². The number of allylic oxidation sites excluding steroid dienone is 5. The van der Waals surface area contributed by atoms with E-state index in [0.717, 1.165) is 22.7 Å². The molecule has 1 aromatic heterocycles. The van der Waals surface area contributed by atoms with Gasteiger partial charge in [0.15, 0.2) is 5.78 Å². The van der Waals surface area contributed by atoms with Crippen molar-refractivity contribution in [3.63, 3.8) is 0 Å². The number of hydrogen-bond acceptors (Lipinski definition) is 9. The molecule has 1 unspecified atom stereocenters. The van der Waals surface area contributed by atoms with Gasteiger partial charge < -0.3 is 14.9 Å². The van der Waals surface area contributed by atoms with Crippen LogP contribution in [-0.2, 0) is 14.4 Å². The van der Waals surface area contributed by atoms with Crippen LogP contribution < -0.4 is 5.32 Å². The highest BCUT2D eigenvalue weighted by atomic mass is 32.2. The van der Waals surface area contributed by atoms with Crippen molar-refractivity contribution in [1.29, 1.82) is 5.26 Å². The van der Waals surface area contributed by atoms with Gasteiger partial charge >= 0.3 is 5.97 Å². The number of Topliss-reactive ketones (excluding diaryl/α,β-unsaturated/α-hetero) is 1. The number of ketones is 1. The number of thioether (sulfide) groups is 1. The maximum atomic E-state index is 13.1. The third kappa shape index (κ3) is 9.28. The average molecular weight is 490 g/mol. The maximum Gasteiger partial charge on any atom is 0.328 e. The fourth-order valence-corrected chi connectivity index (χ4v) is 4.10. The van der Waals surface area contributed by atoms with Crippen molar-refractivity contribution in [3.8, 4) is 6.07 Å². The van der Waals surface area contributed by atoms with Crippen molar-refractivity contribution < 1.29 is 19.2 Å². The first-order chi connectivity index (χ1) is 15.8. The van der Waals surface area contributed by atoms with Crippen LogP contribution in [0.25, 0.3) is 0 Å². The van der Waals surface area contributed by atoms with Crippen molar-refractivity contribution >= 4 is 45.6 Å². The largest absolute Gasteiger partial charge is 0.467 e. The number of oxime groups is 1. The highest BCUT2D eigenvalue weighted by molar-refractivity contribution is 7.98. The first-order valence-corrected chi connectivity index (χ1v) is 12.6. The zero-order valence-corrected chi connectivity index (χ0v) is 21.3. The molecule has 0 aliphatic heterocycles. The second-order valence-corrected chi connectivity index (χ2v) is 9.14. The number of carbonyl (C=O) groups excluding carboxylic acids is 2. The van der Waals surface area contributed by atoms with E-state index in [2.05, 4.69) is 23.1 Å². The number of thiophene rings is 1. The Morgan fingerprint density at radius 1 is 1.42 bits per heavy atom. The number of ether oxygens (including phenoxy) is 1. The van der Waals surface area contributed by atoms with Crippen LogP contribution in [0.1, 0.15) is 48.8 Å². The summed E-state index contributed by atoms with van der Waals surface area (Å²) in [6.07, 6.45) is 9.36. The molecule has 33 heavy (non-hydrogen) atoms. The van der Waals surface area contributed by atoms with Gasteiger partial charge in [0.05, 0.1) is 29.7 Å². The molecule has 0 saturated carbocycles. The van der Waals surface area contributed by atoms with Crippen molar-refractivity contribution in [2.45, 2.75) is 45.8 Å². The fraction of sp³-hybridized carbons (Fsp3) is 0.417. The molecule has 9 heteroatoms. The molecule has 7 nitrogen and oxygen atoms in total. The van der Waals surface area contributed by atoms with Crippen LogP contribution >= 0.6 is 23.1 Å². The quantitative estimate of drug-likeness (QED) is 0.123. The van der Waals surface area contributed by atoms with Crippen LogP contribution in [0.2, 0.25) is 0 Å². The van der Waals surface area contributed by atoms with E-state index in [0.29, 0.717) is 27.6 Å². The summed E-state index contributed by atoms with van der Waals surface area (Å²) in [5.74, 6) is 0.119. The van der Waals surface area contributed by atoms with Crippen LogP contribution in [0.3, 0.4) is 0 Å². The third-order valence-corrected chi connectivity index (χ3v) is 6.04. The number of anilines is 1. The zero-order valence-electron chi connectivity index (χ0n) is 19.7. The Morgan fingerprint density at radius 2 is 2.15 bits per heavy atom. The van der Waals surface area contributed by atoms with E-state index in [1.54, 1.807) is 30.0 Å². The van der Waals surface area contributed by atoms with Crippen molar-refractivity contribution in [1.82, 2.24) is 0 Å². The van der Waals surface area contributed by atoms with Gasteiger partial charge in [-0.15, -0.1) is 11.3 Å². The molecule has 0 amide bonds. The van der Waals surface area contributed by atoms with Crippen molar-refractivity contribution in [3.05, 3.63) is 53.0 Å². The smallest absolute Gasteiger partial charge is 0.328 e. The van der Waals surface area contributed by atoms with E-state index in [1.165, 1.54) is 13.2 Å². The summed E-state index contributed by atoms with van der Waals surface area (Å²) in [6, 6.07) is 3.02. The predicted molar refractivity (Wildman–Crippen MR) is 137 cm³/mol. The fourth-order valence-electron chi connectivity index (χ4n) is 2.63. The lowest BCUT2D eigenvalue weighted by atomic mass is 10.0. The van der Waals surface area contributed by atoms with E-state index < -0.39 is 12.0 Å². The zero-order chi connectivity index (χ0) is 24.8. The van der Waals surface area contributed by atoms with Crippen LogP contribution in [0.4, 0.5) is 5.00 Å². The molecule has 1 atom stereocenters. The molecule has 0 aliphatic carbocycles. The van der Waals surface area contributed by atoms with Gasteiger partial charge in [0.2, 0.25) is 0 Å². The summed E-state index contributed by atoms with van der Waals surface area (Å²) >= 11 is 2.74. The number of hydrogen-bond donors (Lipinski definition) is 1. The SMILES string of the molecule is C=C\C=C/C(=C\C)C(/CC(=O)c1cc(C#N)c(NC(CCSC)C(=O)OC)s1)=N/OC(C)C. The van der Waals surface area contributed by atoms with Crippen molar-refractivity contribution in [2.24, 2.45) is 5.16 Å². The van der Waals surface area contributed by atoms with Gasteiger partial charge in [0.25, 0.3) is 0 Å². The molecular formula is C24H31N3O4S2. The molecule has 0 radical (unpaired) electrons. The van der Waals surface area contributed by atoms with E-state index in [9.17, 15) is 14.9 Å². The Morgan fingerprint density at radius 3 is 2.70 bits per heavy atom. The maximum absolute atomic E-state index is 13.1. The summed E-state index contributed by atoms with van der Waals surface area (Å²) < 4.78 is 4.87. The Balaban J connectivity index is 3.20. The van der Waals surface area contributed by atoms with Gasteiger partial charge in [-0.05, 0) is 50.8 Å². The van der Waals surface area contributed by atoms with Crippen LogP contribution in [0.5, 0.6) is 0 Å². The summed E-state index contributed by atoms with van der Waals surface area (Å²) in [5, 5.41) is 17.3. The van der Waals surface area contributed by atoms with Gasteiger partial charge in [-0.3, -0.25) is 4.79 Å². The van der Waals surface area contributed by atoms with E-state index >= 15 is 0 Å². The van der Waals surface area contributed by atoms with Gasteiger partial charge in [-0.1, -0.05) is 36.0 Å². The van der Waals surface area contributed by atoms with Crippen LogP contribution in [0.15, 0.2) is 47.7 Å². The predicted octanol–water partition coefficient (Wildman–Crippen LogP) is 5.37. The highest BCUT2D eigenvalue weighted by Crippen LogP contribution is 2.30. The molecule has 0 fully saturated rings. The number of esters is 1. The molecule has 0 aromatic carbocycles. The van der Waals surface area contributed by atoms with Gasteiger partial charge in [-0.25, -0.2) is 4.79 Å². The number of methoxy groups -OCH3 is 1. The summed E-state index contributed by atoms with van der Waals surface area (Å²) in [4.78, 5) is 31.0. The molecule has 0 aliphatic rings. The van der Waals surface area contributed by atoms with Gasteiger partial charge in [0, 0.05) is 0 Å². The summed E-state index contributed by atoms with van der Waals surface area (Å²) in [5.41, 5.74) is 1.52. The molecule has 178 valence electrons. The second kappa shape index (κ2) is 15.1. The molecule has 0 bridgehead atoms. The number of nitrogens with zero attached hydrogens (tertiary/aromatic N) is 2. The Kier molecular flexibility index (Phi) is 12.9. The highest BCUT2D eigenvalue weighted by Gasteiger charge is 2.23. The first-order valence-electron chi connectivity index (χ1n) is 10.4. The lowest BCUT2D eigenvalue weighted by Gasteiger charge is -2.16. The van der Waals surface area contributed by atoms with Crippen molar-refractivity contribution in [2.75, 3.05) is 24.4 Å². The van der Waals surface area contributed by atoms with E-state index in [1.807, 2.05) is 33.1 Å². The Bertz CT molecular complexity index is 955. The third-order valence-electron chi connectivity index (χ3n) is 4.29. The lowest BCUT2D eigenvalue weighted by molar-refractivity contribution is -0.141. The normalized spacial score (nSPS) is 13.0. The summed E-state index contributed by atoms with van der Waals surface area (Å²) in [7, 11) is 1.32. The van der Waals surface area contributed by atoms with Crippen LogP contribution in [-0.4, -0.2) is 48.7 Å². The molecule has 1 aromatic rings. The average Bonchev–Trinajstić information content (AvgIpc) is 3.22. The molecule has 1 N–H and O–H groups in total. The minimum Gasteiger partial charge on any atom is -0.467 e. The molecule has 1 rings (SSSR count).